The van der Waals surface area contributed by atoms with E-state index >= 15 is 0 Å². The van der Waals surface area contributed by atoms with Crippen molar-refractivity contribution in [1.29, 1.82) is 0 Å². The molecule has 0 aliphatic heterocycles. The minimum Gasteiger partial charge on any atom is -0.490 e. The molecule has 0 radical (unpaired) electrons. The standard InChI is InChI=1S/C31H35F3O4/c1-6-7-8-9-20-10-13-23(24(16-20)31(32,33)34)26-17-21-11-12-22(18-25(21)37-26)36-27-14-15-28(30(27,4)5)38-29(35)19(2)3/h10-13,16-18,27-28H,2,6-9,14-15H2,1,3-5H3. The van der Waals surface area contributed by atoms with E-state index in [0.29, 0.717) is 47.1 Å². The highest BCUT2D eigenvalue weighted by Gasteiger charge is 2.47. The molecule has 1 aromatic heterocycles. The molecule has 7 heteroatoms. The van der Waals surface area contributed by atoms with Crippen LogP contribution in [0.1, 0.15) is 70.9 Å². The summed E-state index contributed by atoms with van der Waals surface area (Å²) in [4.78, 5) is 12.0. The van der Waals surface area contributed by atoms with Crippen molar-refractivity contribution in [2.45, 2.75) is 84.6 Å². The number of ether oxygens (including phenoxy) is 2. The molecule has 1 heterocycles. The molecule has 1 fully saturated rings. The third kappa shape index (κ3) is 5.92. The second-order valence-corrected chi connectivity index (χ2v) is 10.8. The van der Waals surface area contributed by atoms with Gasteiger partial charge in [0.15, 0.2) is 0 Å². The molecular weight excluding hydrogens is 493 g/mol. The first-order valence-electron chi connectivity index (χ1n) is 13.2. The number of esters is 1. The lowest BCUT2D eigenvalue weighted by Crippen LogP contribution is -2.38. The van der Waals surface area contributed by atoms with E-state index in [2.05, 4.69) is 13.5 Å². The first-order valence-corrected chi connectivity index (χ1v) is 13.2. The summed E-state index contributed by atoms with van der Waals surface area (Å²) in [5.74, 6) is 0.295. The molecule has 1 saturated carbocycles. The number of halogens is 3. The lowest BCUT2D eigenvalue weighted by atomic mass is 9.86. The number of hydrogen-bond donors (Lipinski definition) is 0. The Morgan fingerprint density at radius 3 is 2.50 bits per heavy atom. The normalized spacial score (nSPS) is 19.0. The lowest BCUT2D eigenvalue weighted by Gasteiger charge is -2.32. The summed E-state index contributed by atoms with van der Waals surface area (Å²) in [7, 11) is 0. The Bertz CT molecular complexity index is 1320. The van der Waals surface area contributed by atoms with Crippen molar-refractivity contribution in [2.75, 3.05) is 0 Å². The van der Waals surface area contributed by atoms with Crippen LogP contribution in [0.15, 0.2) is 59.0 Å². The number of alkyl halides is 3. The quantitative estimate of drug-likeness (QED) is 0.158. The van der Waals surface area contributed by atoms with Crippen LogP contribution in [0.2, 0.25) is 0 Å². The van der Waals surface area contributed by atoms with Crippen LogP contribution in [0.4, 0.5) is 13.2 Å². The third-order valence-electron chi connectivity index (χ3n) is 7.44. The monoisotopic (exact) mass is 528 g/mol. The molecule has 0 N–H and O–H groups in total. The molecule has 2 atom stereocenters. The van der Waals surface area contributed by atoms with Gasteiger partial charge in [0.05, 0.1) is 5.56 Å². The molecule has 204 valence electrons. The van der Waals surface area contributed by atoms with E-state index in [1.807, 2.05) is 13.8 Å². The Morgan fingerprint density at radius 2 is 1.82 bits per heavy atom. The molecule has 4 nitrogen and oxygen atoms in total. The average molecular weight is 529 g/mol. The summed E-state index contributed by atoms with van der Waals surface area (Å²) < 4.78 is 59.8. The molecule has 1 aliphatic rings. The van der Waals surface area contributed by atoms with Crippen LogP contribution in [0, 0.1) is 5.41 Å². The van der Waals surface area contributed by atoms with Crippen molar-refractivity contribution >= 4 is 16.9 Å². The van der Waals surface area contributed by atoms with Crippen LogP contribution in [0.25, 0.3) is 22.3 Å². The second kappa shape index (κ2) is 10.9. The van der Waals surface area contributed by atoms with Gasteiger partial charge in [-0.2, -0.15) is 13.2 Å². The number of unbranched alkanes of at least 4 members (excludes halogenated alkanes) is 2. The zero-order chi connectivity index (χ0) is 27.7. The Hall–Kier alpha value is -3.22. The molecule has 38 heavy (non-hydrogen) atoms. The number of fused-ring (bicyclic) bond motifs is 1. The highest BCUT2D eigenvalue weighted by Crippen LogP contribution is 2.44. The lowest BCUT2D eigenvalue weighted by molar-refractivity contribution is -0.150. The smallest absolute Gasteiger partial charge is 0.417 e. The number of rotatable bonds is 9. The molecule has 0 amide bonds. The van der Waals surface area contributed by atoms with Gasteiger partial charge >= 0.3 is 12.1 Å². The summed E-state index contributed by atoms with van der Waals surface area (Å²) in [6.07, 6.45) is -0.192. The molecule has 0 saturated heterocycles. The predicted molar refractivity (Wildman–Crippen MR) is 142 cm³/mol. The number of carbonyl (C=O) groups is 1. The minimum absolute atomic E-state index is 0.0227. The van der Waals surface area contributed by atoms with Crippen LogP contribution in [-0.2, 0) is 22.1 Å². The van der Waals surface area contributed by atoms with Gasteiger partial charge in [0.25, 0.3) is 0 Å². The van der Waals surface area contributed by atoms with E-state index in [0.717, 1.165) is 19.3 Å². The molecule has 1 aliphatic carbocycles. The number of carbonyl (C=O) groups excluding carboxylic acids is 1. The Balaban J connectivity index is 1.56. The number of furan rings is 1. The topological polar surface area (TPSA) is 48.7 Å². The number of aryl methyl sites for hydroxylation is 1. The van der Waals surface area contributed by atoms with Gasteiger partial charge in [-0.1, -0.05) is 52.3 Å². The molecule has 4 rings (SSSR count). The van der Waals surface area contributed by atoms with E-state index in [1.165, 1.54) is 12.1 Å². The number of benzene rings is 2. The Morgan fingerprint density at radius 1 is 1.08 bits per heavy atom. The van der Waals surface area contributed by atoms with Crippen LogP contribution < -0.4 is 4.74 Å². The molecular formula is C31H35F3O4. The van der Waals surface area contributed by atoms with E-state index < -0.39 is 23.1 Å². The summed E-state index contributed by atoms with van der Waals surface area (Å²) in [5, 5.41) is 0.687. The zero-order valence-electron chi connectivity index (χ0n) is 22.4. The third-order valence-corrected chi connectivity index (χ3v) is 7.44. The SMILES string of the molecule is C=C(C)C(=O)OC1CCC(Oc2ccc3cc(-c4ccc(CCCCC)cc4C(F)(F)F)oc3c2)C1(C)C. The zero-order valence-corrected chi connectivity index (χ0v) is 22.4. The van der Waals surface area contributed by atoms with Gasteiger partial charge in [-0.25, -0.2) is 4.79 Å². The van der Waals surface area contributed by atoms with Gasteiger partial charge in [0, 0.05) is 28.0 Å². The van der Waals surface area contributed by atoms with E-state index in [9.17, 15) is 18.0 Å². The molecule has 3 aromatic rings. The Labute approximate surface area is 221 Å². The molecule has 2 unspecified atom stereocenters. The average Bonchev–Trinajstić information content (AvgIpc) is 3.39. The van der Waals surface area contributed by atoms with Gasteiger partial charge in [-0.05, 0) is 62.4 Å². The largest absolute Gasteiger partial charge is 0.490 e. The van der Waals surface area contributed by atoms with Crippen molar-refractivity contribution in [3.05, 3.63) is 65.7 Å². The number of hydrogen-bond acceptors (Lipinski definition) is 4. The fraction of sp³-hybridized carbons (Fsp3) is 0.452. The minimum atomic E-state index is -4.50. The maximum absolute atomic E-state index is 14.0. The van der Waals surface area contributed by atoms with Crippen LogP contribution in [0.5, 0.6) is 5.75 Å². The predicted octanol–water partition coefficient (Wildman–Crippen LogP) is 8.91. The highest BCUT2D eigenvalue weighted by molar-refractivity contribution is 5.87. The van der Waals surface area contributed by atoms with Crippen molar-refractivity contribution in [3.8, 4) is 17.1 Å². The maximum atomic E-state index is 14.0. The van der Waals surface area contributed by atoms with Crippen molar-refractivity contribution in [2.24, 2.45) is 5.41 Å². The molecule has 0 bridgehead atoms. The van der Waals surface area contributed by atoms with Crippen molar-refractivity contribution in [1.82, 2.24) is 0 Å². The maximum Gasteiger partial charge on any atom is 0.417 e. The second-order valence-electron chi connectivity index (χ2n) is 10.8. The highest BCUT2D eigenvalue weighted by atomic mass is 19.4. The molecule has 0 spiro atoms. The Kier molecular flexibility index (Phi) is 7.96. The summed E-state index contributed by atoms with van der Waals surface area (Å²) in [6.45, 7) is 11.3. The summed E-state index contributed by atoms with van der Waals surface area (Å²) in [6, 6.07) is 11.4. The fourth-order valence-electron chi connectivity index (χ4n) is 5.06. The van der Waals surface area contributed by atoms with Crippen LogP contribution >= 0.6 is 0 Å². The summed E-state index contributed by atoms with van der Waals surface area (Å²) >= 11 is 0. The van der Waals surface area contributed by atoms with Crippen LogP contribution in [-0.4, -0.2) is 18.2 Å². The molecule has 2 aromatic carbocycles. The first-order chi connectivity index (χ1) is 17.9. The summed E-state index contributed by atoms with van der Waals surface area (Å²) in [5.41, 5.74) is 0.365. The van der Waals surface area contributed by atoms with Gasteiger partial charge in [0.2, 0.25) is 0 Å². The van der Waals surface area contributed by atoms with Gasteiger partial charge in [-0.15, -0.1) is 0 Å². The van der Waals surface area contributed by atoms with Crippen molar-refractivity contribution in [3.63, 3.8) is 0 Å². The van der Waals surface area contributed by atoms with E-state index in [1.54, 1.807) is 37.3 Å². The fourth-order valence-corrected chi connectivity index (χ4v) is 5.06. The van der Waals surface area contributed by atoms with Gasteiger partial charge < -0.3 is 13.9 Å². The van der Waals surface area contributed by atoms with Crippen molar-refractivity contribution < 1.29 is 31.9 Å². The van der Waals surface area contributed by atoms with Gasteiger partial charge in [-0.3, -0.25) is 0 Å². The first kappa shape index (κ1) is 27.8. The van der Waals surface area contributed by atoms with Gasteiger partial charge in [0.1, 0.15) is 29.3 Å². The van der Waals surface area contributed by atoms with E-state index in [4.69, 9.17) is 13.9 Å². The van der Waals surface area contributed by atoms with Crippen LogP contribution in [0.3, 0.4) is 0 Å². The van der Waals surface area contributed by atoms with E-state index in [-0.39, 0.29) is 23.5 Å².